The summed E-state index contributed by atoms with van der Waals surface area (Å²) >= 11 is 1.38. The third-order valence-electron chi connectivity index (χ3n) is 3.98. The van der Waals surface area contributed by atoms with Crippen molar-refractivity contribution in [3.8, 4) is 0 Å². The van der Waals surface area contributed by atoms with E-state index in [1.165, 1.54) is 22.5 Å². The van der Waals surface area contributed by atoms with Gasteiger partial charge in [0.15, 0.2) is 6.29 Å². The van der Waals surface area contributed by atoms with Crippen molar-refractivity contribution in [3.05, 3.63) is 57.3 Å². The molecule has 1 heterocycles. The molecule has 0 radical (unpaired) electrons. The van der Waals surface area contributed by atoms with Gasteiger partial charge in [0.05, 0.1) is 11.5 Å². The van der Waals surface area contributed by atoms with Crippen LogP contribution in [-0.4, -0.2) is 18.9 Å². The molecule has 0 atom stereocenters. The minimum Gasteiger partial charge on any atom is -0.465 e. The van der Waals surface area contributed by atoms with Crippen LogP contribution in [0.3, 0.4) is 0 Å². The number of thiophene rings is 1. The average Bonchev–Trinajstić information content (AvgIpc) is 3.12. The van der Waals surface area contributed by atoms with Crippen LogP contribution in [0.25, 0.3) is 0 Å². The molecule has 3 rings (SSSR count). The lowest BCUT2D eigenvalue weighted by Crippen LogP contribution is -2.37. The molecule has 3 nitrogen and oxygen atoms in total. The lowest BCUT2D eigenvalue weighted by molar-refractivity contribution is -0.149. The van der Waals surface area contributed by atoms with Gasteiger partial charge in [-0.1, -0.05) is 24.3 Å². The molecule has 1 aromatic heterocycles. The molecule has 108 valence electrons. The van der Waals surface area contributed by atoms with Gasteiger partial charge in [0.25, 0.3) is 0 Å². The number of ether oxygens (including phenoxy) is 1. The molecular formula is C17H16O3S. The second-order valence-corrected chi connectivity index (χ2v) is 6.36. The van der Waals surface area contributed by atoms with Crippen LogP contribution in [0.2, 0.25) is 0 Å². The predicted molar refractivity (Wildman–Crippen MR) is 81.9 cm³/mol. The van der Waals surface area contributed by atoms with Gasteiger partial charge >= 0.3 is 5.97 Å². The van der Waals surface area contributed by atoms with E-state index in [9.17, 15) is 9.59 Å². The number of aldehydes is 1. The van der Waals surface area contributed by atoms with E-state index in [4.69, 9.17) is 4.74 Å². The molecule has 2 aromatic rings. The molecule has 1 aliphatic rings. The number of hydrogen-bond donors (Lipinski definition) is 0. The molecule has 0 bridgehead atoms. The SMILES string of the molecule is CCOC(=O)C1(c2ccc(C=O)s2)Cc2ccccc2C1. The van der Waals surface area contributed by atoms with Crippen molar-refractivity contribution in [2.24, 2.45) is 0 Å². The lowest BCUT2D eigenvalue weighted by atomic mass is 9.83. The summed E-state index contributed by atoms with van der Waals surface area (Å²) in [6, 6.07) is 11.8. The fourth-order valence-corrected chi connectivity index (χ4v) is 3.97. The van der Waals surface area contributed by atoms with E-state index in [1.807, 2.05) is 25.1 Å². The summed E-state index contributed by atoms with van der Waals surface area (Å²) in [6.45, 7) is 2.18. The molecule has 0 spiro atoms. The zero-order valence-electron chi connectivity index (χ0n) is 11.8. The van der Waals surface area contributed by atoms with Gasteiger partial charge in [0, 0.05) is 4.88 Å². The number of benzene rings is 1. The van der Waals surface area contributed by atoms with Crippen LogP contribution < -0.4 is 0 Å². The van der Waals surface area contributed by atoms with E-state index in [1.54, 1.807) is 6.07 Å². The Morgan fingerprint density at radius 1 is 1.24 bits per heavy atom. The van der Waals surface area contributed by atoms with Crippen LogP contribution in [0.5, 0.6) is 0 Å². The molecule has 21 heavy (non-hydrogen) atoms. The van der Waals surface area contributed by atoms with Crippen molar-refractivity contribution >= 4 is 23.6 Å². The van der Waals surface area contributed by atoms with Gasteiger partial charge < -0.3 is 4.74 Å². The normalized spacial score (nSPS) is 15.5. The van der Waals surface area contributed by atoms with E-state index >= 15 is 0 Å². The van der Waals surface area contributed by atoms with Gasteiger partial charge in [-0.3, -0.25) is 9.59 Å². The minimum absolute atomic E-state index is 0.194. The molecule has 1 aromatic carbocycles. The first-order valence-electron chi connectivity index (χ1n) is 6.99. The number of carbonyl (C=O) groups excluding carboxylic acids is 2. The Balaban J connectivity index is 2.06. The standard InChI is InChI=1S/C17H16O3S/c1-2-20-16(19)17(15-8-7-14(11-18)21-15)9-12-5-3-4-6-13(12)10-17/h3-8,11H,2,9-10H2,1H3. The Morgan fingerprint density at radius 3 is 2.43 bits per heavy atom. The van der Waals surface area contributed by atoms with Gasteiger partial charge in [0.2, 0.25) is 0 Å². The largest absolute Gasteiger partial charge is 0.465 e. The number of hydrogen-bond acceptors (Lipinski definition) is 4. The molecule has 0 aliphatic heterocycles. The van der Waals surface area contributed by atoms with Crippen molar-refractivity contribution < 1.29 is 14.3 Å². The Morgan fingerprint density at radius 2 is 1.90 bits per heavy atom. The molecule has 0 N–H and O–H groups in total. The summed E-state index contributed by atoms with van der Waals surface area (Å²) in [6.07, 6.45) is 2.11. The van der Waals surface area contributed by atoms with E-state index in [0.717, 1.165) is 11.2 Å². The van der Waals surface area contributed by atoms with Crippen LogP contribution in [-0.2, 0) is 27.8 Å². The maximum absolute atomic E-state index is 12.6. The summed E-state index contributed by atoms with van der Waals surface area (Å²) in [5, 5.41) is 0. The fourth-order valence-electron chi connectivity index (χ4n) is 2.98. The maximum Gasteiger partial charge on any atom is 0.318 e. The third-order valence-corrected chi connectivity index (χ3v) is 5.20. The van der Waals surface area contributed by atoms with Crippen LogP contribution in [0.1, 0.15) is 32.6 Å². The number of esters is 1. The van der Waals surface area contributed by atoms with Crippen molar-refractivity contribution in [1.29, 1.82) is 0 Å². The van der Waals surface area contributed by atoms with Crippen molar-refractivity contribution in [3.63, 3.8) is 0 Å². The molecule has 4 heteroatoms. The zero-order chi connectivity index (χ0) is 14.9. The zero-order valence-corrected chi connectivity index (χ0v) is 12.6. The highest BCUT2D eigenvalue weighted by molar-refractivity contribution is 7.13. The van der Waals surface area contributed by atoms with Crippen molar-refractivity contribution in [2.45, 2.75) is 25.2 Å². The van der Waals surface area contributed by atoms with Crippen molar-refractivity contribution in [2.75, 3.05) is 6.61 Å². The number of carbonyl (C=O) groups is 2. The second kappa shape index (κ2) is 5.45. The van der Waals surface area contributed by atoms with Gasteiger partial charge in [-0.05, 0) is 43.0 Å². The topological polar surface area (TPSA) is 43.4 Å². The van der Waals surface area contributed by atoms with Gasteiger partial charge in [-0.25, -0.2) is 0 Å². The number of fused-ring (bicyclic) bond motifs is 1. The van der Waals surface area contributed by atoms with E-state index in [-0.39, 0.29) is 5.97 Å². The molecule has 1 aliphatic carbocycles. The van der Waals surface area contributed by atoms with Crippen LogP contribution >= 0.6 is 11.3 Å². The first-order valence-corrected chi connectivity index (χ1v) is 7.81. The molecule has 0 amide bonds. The maximum atomic E-state index is 12.6. The highest BCUT2D eigenvalue weighted by atomic mass is 32.1. The first-order chi connectivity index (χ1) is 10.2. The smallest absolute Gasteiger partial charge is 0.318 e. The fraction of sp³-hybridized carbons (Fsp3) is 0.294. The summed E-state index contributed by atoms with van der Waals surface area (Å²) in [5.74, 6) is -0.194. The summed E-state index contributed by atoms with van der Waals surface area (Å²) in [7, 11) is 0. The highest BCUT2D eigenvalue weighted by Gasteiger charge is 2.47. The average molecular weight is 300 g/mol. The lowest BCUT2D eigenvalue weighted by Gasteiger charge is -2.25. The van der Waals surface area contributed by atoms with E-state index in [0.29, 0.717) is 24.3 Å². The third kappa shape index (κ3) is 2.29. The monoisotopic (exact) mass is 300 g/mol. The van der Waals surface area contributed by atoms with Crippen LogP contribution in [0, 0.1) is 0 Å². The Labute approximate surface area is 127 Å². The summed E-state index contributed by atoms with van der Waals surface area (Å²) in [5.41, 5.74) is 1.70. The summed E-state index contributed by atoms with van der Waals surface area (Å²) in [4.78, 5) is 25.1. The van der Waals surface area contributed by atoms with Gasteiger partial charge in [-0.15, -0.1) is 11.3 Å². The van der Waals surface area contributed by atoms with Crippen LogP contribution in [0.4, 0.5) is 0 Å². The van der Waals surface area contributed by atoms with E-state index in [2.05, 4.69) is 12.1 Å². The minimum atomic E-state index is -0.675. The summed E-state index contributed by atoms with van der Waals surface area (Å²) < 4.78 is 5.34. The Hall–Kier alpha value is -1.94. The molecule has 0 saturated heterocycles. The van der Waals surface area contributed by atoms with Gasteiger partial charge in [0.1, 0.15) is 5.41 Å². The first kappa shape index (κ1) is 14.0. The van der Waals surface area contributed by atoms with Crippen LogP contribution in [0.15, 0.2) is 36.4 Å². The van der Waals surface area contributed by atoms with E-state index < -0.39 is 5.41 Å². The number of rotatable bonds is 4. The van der Waals surface area contributed by atoms with Gasteiger partial charge in [-0.2, -0.15) is 0 Å². The Bertz CT molecular complexity index is 662. The predicted octanol–water partition coefficient (Wildman–Crippen LogP) is 3.16. The molecule has 0 fully saturated rings. The quantitative estimate of drug-likeness (QED) is 0.643. The molecule has 0 saturated carbocycles. The molecule has 0 unspecified atom stereocenters. The van der Waals surface area contributed by atoms with Crippen molar-refractivity contribution in [1.82, 2.24) is 0 Å². The Kier molecular flexibility index (Phi) is 3.64. The highest BCUT2D eigenvalue weighted by Crippen LogP contribution is 2.43. The molecular weight excluding hydrogens is 284 g/mol. The second-order valence-electron chi connectivity index (χ2n) is 5.24.